The van der Waals surface area contributed by atoms with Crippen molar-refractivity contribution in [3.63, 3.8) is 0 Å². The number of nitrogens with zero attached hydrogens (tertiary/aromatic N) is 1. The summed E-state index contributed by atoms with van der Waals surface area (Å²) in [6, 6.07) is 17.5. The number of rotatable bonds is 7. The van der Waals surface area contributed by atoms with Crippen molar-refractivity contribution in [3.05, 3.63) is 65.7 Å². The van der Waals surface area contributed by atoms with E-state index in [4.69, 9.17) is 0 Å². The molecule has 1 unspecified atom stereocenters. The van der Waals surface area contributed by atoms with Gasteiger partial charge in [0.25, 0.3) is 5.91 Å². The summed E-state index contributed by atoms with van der Waals surface area (Å²) in [5.41, 5.74) is 2.55. The van der Waals surface area contributed by atoms with Gasteiger partial charge in [-0.1, -0.05) is 44.2 Å². The molecule has 2 amide bonds. The van der Waals surface area contributed by atoms with Gasteiger partial charge >= 0.3 is 0 Å². The highest BCUT2D eigenvalue weighted by Gasteiger charge is 2.21. The Kier molecular flexibility index (Phi) is 7.42. The molecule has 0 aliphatic carbocycles. The van der Waals surface area contributed by atoms with Gasteiger partial charge in [0.15, 0.2) is 0 Å². The molecule has 5 heteroatoms. The summed E-state index contributed by atoms with van der Waals surface area (Å²) in [5, 5.41) is 6.21. The Labute approximate surface area is 173 Å². The number of hydrogen-bond donors (Lipinski definition) is 2. The predicted octanol–water partition coefficient (Wildman–Crippen LogP) is 4.24. The fraction of sp³-hybridized carbons (Fsp3) is 0.417. The molecular weight excluding hydrogens is 362 g/mol. The Morgan fingerprint density at radius 3 is 2.31 bits per heavy atom. The van der Waals surface area contributed by atoms with Crippen LogP contribution >= 0.6 is 0 Å². The third-order valence-corrected chi connectivity index (χ3v) is 5.61. The van der Waals surface area contributed by atoms with E-state index in [1.807, 2.05) is 23.1 Å². The van der Waals surface area contributed by atoms with Gasteiger partial charge in [-0.15, -0.1) is 0 Å². The molecule has 1 saturated heterocycles. The molecule has 3 rings (SSSR count). The molecule has 0 aromatic heterocycles. The molecule has 0 saturated carbocycles. The van der Waals surface area contributed by atoms with Gasteiger partial charge in [0.1, 0.15) is 0 Å². The fourth-order valence-corrected chi connectivity index (χ4v) is 3.69. The smallest absolute Gasteiger partial charge is 0.253 e. The average Bonchev–Trinajstić information content (AvgIpc) is 2.75. The Morgan fingerprint density at radius 1 is 1.03 bits per heavy atom. The van der Waals surface area contributed by atoms with Crippen molar-refractivity contribution in [3.8, 4) is 0 Å². The minimum atomic E-state index is -0.0940. The lowest BCUT2D eigenvalue weighted by atomic mass is 9.98. The highest BCUT2D eigenvalue weighted by molar-refractivity contribution is 5.96. The third-order valence-electron chi connectivity index (χ3n) is 5.61. The Bertz CT molecular complexity index is 797. The number of carbonyl (C=O) groups excluding carboxylic acids is 2. The van der Waals surface area contributed by atoms with Gasteiger partial charge in [0.2, 0.25) is 5.91 Å². The molecule has 2 N–H and O–H groups in total. The zero-order chi connectivity index (χ0) is 20.6. The van der Waals surface area contributed by atoms with Crippen molar-refractivity contribution in [2.75, 3.05) is 25.0 Å². The zero-order valence-corrected chi connectivity index (χ0v) is 17.4. The van der Waals surface area contributed by atoms with E-state index < -0.39 is 0 Å². The van der Waals surface area contributed by atoms with Gasteiger partial charge in [0.05, 0.1) is 6.54 Å². The molecule has 1 aliphatic heterocycles. The zero-order valence-electron chi connectivity index (χ0n) is 17.4. The Balaban J connectivity index is 1.50. The predicted molar refractivity (Wildman–Crippen MR) is 117 cm³/mol. The summed E-state index contributed by atoms with van der Waals surface area (Å²) in [6.07, 6.45) is 3.03. The van der Waals surface area contributed by atoms with E-state index in [0.29, 0.717) is 17.2 Å². The normalized spacial score (nSPS) is 15.7. The minimum absolute atomic E-state index is 0.0742. The van der Waals surface area contributed by atoms with Crippen LogP contribution in [0, 0.1) is 5.92 Å². The molecular formula is C24H31N3O2. The highest BCUT2D eigenvalue weighted by Crippen LogP contribution is 2.19. The van der Waals surface area contributed by atoms with E-state index in [-0.39, 0.29) is 24.4 Å². The van der Waals surface area contributed by atoms with Gasteiger partial charge in [-0.2, -0.15) is 0 Å². The second-order valence-electron chi connectivity index (χ2n) is 7.85. The van der Waals surface area contributed by atoms with Crippen LogP contribution in [0.4, 0.5) is 5.69 Å². The summed E-state index contributed by atoms with van der Waals surface area (Å²) >= 11 is 0. The topological polar surface area (TPSA) is 61.4 Å². The van der Waals surface area contributed by atoms with Crippen LogP contribution in [-0.2, 0) is 4.79 Å². The molecule has 1 atom stereocenters. The fourth-order valence-electron chi connectivity index (χ4n) is 3.69. The van der Waals surface area contributed by atoms with Crippen molar-refractivity contribution >= 4 is 17.5 Å². The van der Waals surface area contributed by atoms with Gasteiger partial charge in [-0.25, -0.2) is 0 Å². The van der Waals surface area contributed by atoms with Crippen LogP contribution in [0.25, 0.3) is 0 Å². The lowest BCUT2D eigenvalue weighted by Gasteiger charge is -2.30. The van der Waals surface area contributed by atoms with E-state index >= 15 is 0 Å². The lowest BCUT2D eigenvalue weighted by Crippen LogP contribution is -2.37. The highest BCUT2D eigenvalue weighted by atomic mass is 16.2. The van der Waals surface area contributed by atoms with Crippen LogP contribution in [0.5, 0.6) is 0 Å². The molecule has 2 aromatic rings. The molecule has 1 fully saturated rings. The molecule has 29 heavy (non-hydrogen) atoms. The van der Waals surface area contributed by atoms with E-state index in [1.165, 1.54) is 5.56 Å². The molecule has 1 heterocycles. The van der Waals surface area contributed by atoms with Crippen molar-refractivity contribution < 1.29 is 9.59 Å². The van der Waals surface area contributed by atoms with Crippen molar-refractivity contribution in [1.29, 1.82) is 0 Å². The third kappa shape index (κ3) is 5.91. The molecule has 0 spiro atoms. The first-order valence-corrected chi connectivity index (χ1v) is 10.5. The summed E-state index contributed by atoms with van der Waals surface area (Å²) in [6.45, 7) is 6.21. The molecule has 154 valence electrons. The largest absolute Gasteiger partial charge is 0.339 e. The number of likely N-dealkylation sites (tertiary alicyclic amines) is 1. The SMILES string of the molecule is CCC(NCC(=O)Nc1ccc(C(=O)N2CCC(C)CC2)cc1)c1ccccc1. The molecule has 5 nitrogen and oxygen atoms in total. The molecule has 0 bridgehead atoms. The van der Waals surface area contributed by atoms with Crippen LogP contribution in [0.3, 0.4) is 0 Å². The van der Waals surface area contributed by atoms with E-state index in [0.717, 1.165) is 32.4 Å². The average molecular weight is 394 g/mol. The number of carbonyl (C=O) groups is 2. The van der Waals surface area contributed by atoms with Crippen LogP contribution in [0.1, 0.15) is 55.1 Å². The molecule has 1 aliphatic rings. The van der Waals surface area contributed by atoms with Crippen molar-refractivity contribution in [2.45, 2.75) is 39.2 Å². The maximum Gasteiger partial charge on any atom is 0.253 e. The number of hydrogen-bond acceptors (Lipinski definition) is 3. The first kappa shape index (κ1) is 21.1. The van der Waals surface area contributed by atoms with E-state index in [9.17, 15) is 9.59 Å². The number of piperidine rings is 1. The van der Waals surface area contributed by atoms with Gasteiger partial charge in [-0.3, -0.25) is 9.59 Å². The van der Waals surface area contributed by atoms with Crippen LogP contribution in [0.15, 0.2) is 54.6 Å². The van der Waals surface area contributed by atoms with Crippen LogP contribution in [-0.4, -0.2) is 36.3 Å². The van der Waals surface area contributed by atoms with Crippen LogP contribution in [0.2, 0.25) is 0 Å². The monoisotopic (exact) mass is 393 g/mol. The molecule has 0 radical (unpaired) electrons. The maximum atomic E-state index is 12.6. The second kappa shape index (κ2) is 10.2. The number of nitrogens with one attached hydrogen (secondary N) is 2. The summed E-state index contributed by atoms with van der Waals surface area (Å²) in [7, 11) is 0. The van der Waals surface area contributed by atoms with Crippen LogP contribution < -0.4 is 10.6 Å². The number of anilines is 1. The first-order valence-electron chi connectivity index (χ1n) is 10.5. The summed E-state index contributed by atoms with van der Waals surface area (Å²) in [4.78, 5) is 26.8. The Hall–Kier alpha value is -2.66. The molecule has 2 aromatic carbocycles. The van der Waals surface area contributed by atoms with Crippen molar-refractivity contribution in [2.24, 2.45) is 5.92 Å². The summed E-state index contributed by atoms with van der Waals surface area (Å²) < 4.78 is 0. The quantitative estimate of drug-likeness (QED) is 0.740. The lowest BCUT2D eigenvalue weighted by molar-refractivity contribution is -0.115. The van der Waals surface area contributed by atoms with Gasteiger partial charge in [-0.05, 0) is 55.0 Å². The van der Waals surface area contributed by atoms with Gasteiger partial charge in [0, 0.05) is 30.4 Å². The van der Waals surface area contributed by atoms with Crippen molar-refractivity contribution in [1.82, 2.24) is 10.2 Å². The standard InChI is InChI=1S/C24H31N3O2/c1-3-22(19-7-5-4-6-8-19)25-17-23(28)26-21-11-9-20(10-12-21)24(29)27-15-13-18(2)14-16-27/h4-12,18,22,25H,3,13-17H2,1-2H3,(H,26,28). The van der Waals surface area contributed by atoms with Gasteiger partial charge < -0.3 is 15.5 Å². The second-order valence-corrected chi connectivity index (χ2v) is 7.85. The number of benzene rings is 2. The van der Waals surface area contributed by atoms with E-state index in [1.54, 1.807) is 24.3 Å². The maximum absolute atomic E-state index is 12.6. The Morgan fingerprint density at radius 2 is 1.69 bits per heavy atom. The van der Waals surface area contributed by atoms with E-state index in [2.05, 4.69) is 36.6 Å². The number of amides is 2. The minimum Gasteiger partial charge on any atom is -0.339 e. The summed E-state index contributed by atoms with van der Waals surface area (Å²) in [5.74, 6) is 0.674. The first-order chi connectivity index (χ1) is 14.1.